The minimum absolute atomic E-state index is 0.363. The van der Waals surface area contributed by atoms with Crippen LogP contribution < -0.4 is 0 Å². The highest BCUT2D eigenvalue weighted by Gasteiger charge is 2.41. The van der Waals surface area contributed by atoms with Crippen LogP contribution in [0.2, 0.25) is 0 Å². The molecule has 0 fully saturated rings. The summed E-state index contributed by atoms with van der Waals surface area (Å²) in [7, 11) is 0. The minimum atomic E-state index is -0.363. The van der Waals surface area contributed by atoms with E-state index in [2.05, 4.69) is 43.3 Å². The van der Waals surface area contributed by atoms with Gasteiger partial charge in [0.25, 0.3) is 0 Å². The molecule has 0 aliphatic rings. The Hall–Kier alpha value is -2.22. The van der Waals surface area contributed by atoms with Crippen LogP contribution in [0.4, 0.5) is 0 Å². The third-order valence-electron chi connectivity index (χ3n) is 4.21. The van der Waals surface area contributed by atoms with E-state index in [1.54, 1.807) is 0 Å². The predicted molar refractivity (Wildman–Crippen MR) is 88.1 cm³/mol. The summed E-state index contributed by atoms with van der Waals surface area (Å²) in [5, 5.41) is 0. The Bertz CT molecular complexity index is 694. The number of hydrogen-bond donors (Lipinski definition) is 0. The highest BCUT2D eigenvalue weighted by Crippen LogP contribution is 2.44. The van der Waals surface area contributed by atoms with Crippen LogP contribution in [0.15, 0.2) is 63.4 Å². The maximum absolute atomic E-state index is 6.06. The van der Waals surface area contributed by atoms with Crippen LogP contribution in [0, 0.1) is 13.8 Å². The Morgan fingerprint density at radius 1 is 0.773 bits per heavy atom. The van der Waals surface area contributed by atoms with Gasteiger partial charge in [-0.15, -0.1) is 0 Å². The molecule has 2 heteroatoms. The monoisotopic (exact) mass is 294 g/mol. The van der Waals surface area contributed by atoms with E-state index in [1.807, 2.05) is 32.0 Å². The number of hydrogen-bond acceptors (Lipinski definition) is 2. The number of aryl methyl sites for hydroxylation is 2. The van der Waals surface area contributed by atoms with Gasteiger partial charge in [0.2, 0.25) is 0 Å². The molecule has 0 saturated heterocycles. The molecule has 3 rings (SSSR count). The Morgan fingerprint density at radius 3 is 1.73 bits per heavy atom. The fraction of sp³-hybridized carbons (Fsp3) is 0.300. The molecule has 0 unspecified atom stereocenters. The van der Waals surface area contributed by atoms with Gasteiger partial charge < -0.3 is 8.83 Å². The summed E-state index contributed by atoms with van der Waals surface area (Å²) in [6.07, 6.45) is 1.98. The van der Waals surface area contributed by atoms with Crippen molar-refractivity contribution in [3.8, 4) is 0 Å². The van der Waals surface area contributed by atoms with Gasteiger partial charge in [-0.1, -0.05) is 43.7 Å². The Kier molecular flexibility index (Phi) is 3.93. The van der Waals surface area contributed by atoms with E-state index in [4.69, 9.17) is 8.83 Å². The number of benzene rings is 1. The molecule has 2 aromatic heterocycles. The van der Waals surface area contributed by atoms with Crippen LogP contribution in [0.5, 0.6) is 0 Å². The van der Waals surface area contributed by atoms with E-state index in [9.17, 15) is 0 Å². The SMILES string of the molecule is CCCC(c1ccccc1)(c1ccc(C)o1)c1ccc(C)o1. The van der Waals surface area contributed by atoms with Gasteiger partial charge >= 0.3 is 0 Å². The molecule has 0 radical (unpaired) electrons. The zero-order valence-corrected chi connectivity index (χ0v) is 13.4. The largest absolute Gasteiger partial charge is 0.465 e. The maximum Gasteiger partial charge on any atom is 0.122 e. The normalized spacial score (nSPS) is 11.8. The van der Waals surface area contributed by atoms with E-state index >= 15 is 0 Å². The minimum Gasteiger partial charge on any atom is -0.465 e. The Morgan fingerprint density at radius 2 is 1.32 bits per heavy atom. The van der Waals surface area contributed by atoms with Gasteiger partial charge in [0.05, 0.1) is 0 Å². The van der Waals surface area contributed by atoms with Crippen LogP contribution in [-0.2, 0) is 5.41 Å². The smallest absolute Gasteiger partial charge is 0.122 e. The van der Waals surface area contributed by atoms with Crippen molar-refractivity contribution in [1.29, 1.82) is 0 Å². The summed E-state index contributed by atoms with van der Waals surface area (Å²) in [5.74, 6) is 3.75. The average molecular weight is 294 g/mol. The second kappa shape index (κ2) is 5.88. The second-order valence-electron chi connectivity index (χ2n) is 5.84. The standard InChI is InChI=1S/C20H22O2/c1-4-14-20(17-8-6-5-7-9-17,18-12-10-15(2)21-18)19-13-11-16(3)22-19/h5-13H,4,14H2,1-3H3. The average Bonchev–Trinajstić information content (AvgIpc) is 3.15. The lowest BCUT2D eigenvalue weighted by molar-refractivity contribution is 0.334. The molecule has 0 saturated carbocycles. The molecule has 0 atom stereocenters. The van der Waals surface area contributed by atoms with E-state index in [-0.39, 0.29) is 5.41 Å². The molecule has 2 heterocycles. The van der Waals surface area contributed by atoms with Crippen molar-refractivity contribution in [3.63, 3.8) is 0 Å². The molecule has 0 aliphatic carbocycles. The van der Waals surface area contributed by atoms with Gasteiger partial charge in [0, 0.05) is 0 Å². The second-order valence-corrected chi connectivity index (χ2v) is 5.84. The summed E-state index contributed by atoms with van der Waals surface area (Å²) in [5.41, 5.74) is 0.846. The lowest BCUT2D eigenvalue weighted by Gasteiger charge is -2.30. The van der Waals surface area contributed by atoms with E-state index in [1.165, 1.54) is 5.56 Å². The fourth-order valence-corrected chi connectivity index (χ4v) is 3.22. The zero-order chi connectivity index (χ0) is 15.6. The molecule has 2 nitrogen and oxygen atoms in total. The van der Waals surface area contributed by atoms with Gasteiger partial charge in [0.1, 0.15) is 28.5 Å². The first-order chi connectivity index (χ1) is 10.7. The first-order valence-corrected chi connectivity index (χ1v) is 7.86. The molecule has 114 valence electrons. The van der Waals surface area contributed by atoms with E-state index in [0.29, 0.717) is 0 Å². The maximum atomic E-state index is 6.06. The molecule has 0 aliphatic heterocycles. The first kappa shape index (κ1) is 14.7. The summed E-state index contributed by atoms with van der Waals surface area (Å²) < 4.78 is 12.1. The van der Waals surface area contributed by atoms with Gasteiger partial charge in [-0.25, -0.2) is 0 Å². The summed E-state index contributed by atoms with van der Waals surface area (Å²) in [6, 6.07) is 18.7. The summed E-state index contributed by atoms with van der Waals surface area (Å²) >= 11 is 0. The van der Waals surface area contributed by atoms with Gasteiger partial charge in [-0.2, -0.15) is 0 Å². The zero-order valence-electron chi connectivity index (χ0n) is 13.4. The highest BCUT2D eigenvalue weighted by molar-refractivity contribution is 5.44. The lowest BCUT2D eigenvalue weighted by Crippen LogP contribution is -2.28. The molecular weight excluding hydrogens is 272 g/mol. The van der Waals surface area contributed by atoms with Crippen molar-refractivity contribution in [2.75, 3.05) is 0 Å². The fourth-order valence-electron chi connectivity index (χ4n) is 3.22. The van der Waals surface area contributed by atoms with E-state index < -0.39 is 0 Å². The number of furan rings is 2. The highest BCUT2D eigenvalue weighted by atomic mass is 16.4. The van der Waals surface area contributed by atoms with Gasteiger partial charge in [0.15, 0.2) is 0 Å². The molecule has 3 aromatic rings. The van der Waals surface area contributed by atoms with E-state index in [0.717, 1.165) is 35.9 Å². The van der Waals surface area contributed by atoms with Crippen LogP contribution >= 0.6 is 0 Å². The molecular formula is C20H22O2. The molecule has 1 aromatic carbocycles. The third-order valence-corrected chi connectivity index (χ3v) is 4.21. The lowest BCUT2D eigenvalue weighted by atomic mass is 9.73. The number of rotatable bonds is 5. The predicted octanol–water partition coefficient (Wildman–Crippen LogP) is 5.62. The van der Waals surface area contributed by atoms with Crippen molar-refractivity contribution >= 4 is 0 Å². The molecule has 0 amide bonds. The van der Waals surface area contributed by atoms with Gasteiger partial charge in [-0.05, 0) is 50.1 Å². The van der Waals surface area contributed by atoms with Crippen molar-refractivity contribution in [2.45, 2.75) is 39.0 Å². The quantitative estimate of drug-likeness (QED) is 0.610. The molecule has 0 spiro atoms. The van der Waals surface area contributed by atoms with Gasteiger partial charge in [-0.3, -0.25) is 0 Å². The summed E-state index contributed by atoms with van der Waals surface area (Å²) in [6.45, 7) is 6.17. The third kappa shape index (κ3) is 2.39. The van der Waals surface area contributed by atoms with Crippen molar-refractivity contribution in [3.05, 3.63) is 83.2 Å². The Labute approximate surface area is 131 Å². The Balaban J connectivity index is 2.27. The van der Waals surface area contributed by atoms with Crippen molar-refractivity contribution in [1.82, 2.24) is 0 Å². The van der Waals surface area contributed by atoms with Crippen LogP contribution in [-0.4, -0.2) is 0 Å². The summed E-state index contributed by atoms with van der Waals surface area (Å²) in [4.78, 5) is 0. The topological polar surface area (TPSA) is 26.3 Å². The van der Waals surface area contributed by atoms with Crippen molar-refractivity contribution in [2.24, 2.45) is 0 Å². The van der Waals surface area contributed by atoms with Crippen LogP contribution in [0.1, 0.15) is 48.4 Å². The molecule has 22 heavy (non-hydrogen) atoms. The van der Waals surface area contributed by atoms with Crippen molar-refractivity contribution < 1.29 is 8.83 Å². The van der Waals surface area contributed by atoms with Crippen LogP contribution in [0.25, 0.3) is 0 Å². The molecule has 0 bridgehead atoms. The first-order valence-electron chi connectivity index (χ1n) is 7.86. The molecule has 0 N–H and O–H groups in total. The van der Waals surface area contributed by atoms with Crippen LogP contribution in [0.3, 0.4) is 0 Å².